The third kappa shape index (κ3) is 4.56. The van der Waals surface area contributed by atoms with Crippen LogP contribution in [0.15, 0.2) is 24.3 Å². The Hall–Kier alpha value is -1.88. The zero-order valence-electron chi connectivity index (χ0n) is 13.3. The minimum Gasteiger partial charge on any atom is -0.494 e. The van der Waals surface area contributed by atoms with E-state index < -0.39 is 0 Å². The van der Waals surface area contributed by atoms with Crippen molar-refractivity contribution in [2.24, 2.45) is 0 Å². The van der Waals surface area contributed by atoms with E-state index in [0.29, 0.717) is 18.2 Å². The molecule has 5 nitrogen and oxygen atoms in total. The van der Waals surface area contributed by atoms with Gasteiger partial charge in [-0.2, -0.15) is 0 Å². The Morgan fingerprint density at radius 1 is 1.27 bits per heavy atom. The molecule has 1 aromatic carbocycles. The molecular weight excluding hydrogens is 280 g/mol. The van der Waals surface area contributed by atoms with Crippen LogP contribution < -0.4 is 10.1 Å². The molecule has 5 heteroatoms. The maximum atomic E-state index is 12.1. The van der Waals surface area contributed by atoms with Crippen molar-refractivity contribution >= 4 is 11.7 Å². The lowest BCUT2D eigenvalue weighted by molar-refractivity contribution is -0.132. The first-order valence-corrected chi connectivity index (χ1v) is 7.87. The molecule has 0 saturated carbocycles. The highest BCUT2D eigenvalue weighted by Crippen LogP contribution is 2.14. The SMILES string of the molecule is CCOc1ccc(C(=O)CCC(=O)N2CCNC(C)C2)cc1. The molecular formula is C17H24N2O3. The summed E-state index contributed by atoms with van der Waals surface area (Å²) in [7, 11) is 0. The summed E-state index contributed by atoms with van der Waals surface area (Å²) in [6.45, 7) is 6.84. The minimum absolute atomic E-state index is 0.000388. The van der Waals surface area contributed by atoms with Crippen molar-refractivity contribution in [2.45, 2.75) is 32.7 Å². The van der Waals surface area contributed by atoms with Crippen LogP contribution in [0.3, 0.4) is 0 Å². The molecule has 1 N–H and O–H groups in total. The van der Waals surface area contributed by atoms with Crippen LogP contribution in [0, 0.1) is 0 Å². The lowest BCUT2D eigenvalue weighted by atomic mass is 10.1. The normalized spacial score (nSPS) is 18.1. The van der Waals surface area contributed by atoms with Crippen LogP contribution in [0.2, 0.25) is 0 Å². The summed E-state index contributed by atoms with van der Waals surface area (Å²) >= 11 is 0. The van der Waals surface area contributed by atoms with E-state index in [1.165, 1.54) is 0 Å². The molecule has 0 radical (unpaired) electrons. The molecule has 1 aliphatic rings. The van der Waals surface area contributed by atoms with E-state index in [2.05, 4.69) is 12.2 Å². The number of Topliss-reactive ketones (excluding diaryl/α,β-unsaturated/α-hetero) is 1. The fraction of sp³-hybridized carbons (Fsp3) is 0.529. The maximum absolute atomic E-state index is 12.1. The molecule has 1 amide bonds. The molecule has 1 unspecified atom stereocenters. The number of ether oxygens (including phenoxy) is 1. The monoisotopic (exact) mass is 304 g/mol. The highest BCUT2D eigenvalue weighted by atomic mass is 16.5. The quantitative estimate of drug-likeness (QED) is 0.815. The number of carbonyl (C=O) groups excluding carboxylic acids is 2. The number of carbonyl (C=O) groups is 2. The van der Waals surface area contributed by atoms with E-state index in [9.17, 15) is 9.59 Å². The Balaban J connectivity index is 1.82. The molecule has 1 aliphatic heterocycles. The third-order valence-electron chi connectivity index (χ3n) is 3.77. The van der Waals surface area contributed by atoms with Gasteiger partial charge in [0, 0.05) is 44.1 Å². The van der Waals surface area contributed by atoms with E-state index in [1.54, 1.807) is 24.3 Å². The molecule has 22 heavy (non-hydrogen) atoms. The summed E-state index contributed by atoms with van der Waals surface area (Å²) in [4.78, 5) is 26.1. The lowest BCUT2D eigenvalue weighted by Crippen LogP contribution is -2.51. The zero-order chi connectivity index (χ0) is 15.9. The number of hydrogen-bond donors (Lipinski definition) is 1. The minimum atomic E-state index is -0.000388. The summed E-state index contributed by atoms with van der Waals surface area (Å²) in [6.07, 6.45) is 0.532. The van der Waals surface area contributed by atoms with E-state index in [-0.39, 0.29) is 24.5 Å². The van der Waals surface area contributed by atoms with E-state index in [1.807, 2.05) is 11.8 Å². The molecule has 1 aromatic rings. The molecule has 1 fully saturated rings. The Kier molecular flexibility index (Phi) is 5.95. The summed E-state index contributed by atoms with van der Waals surface area (Å²) in [5, 5.41) is 3.30. The predicted octanol–water partition coefficient (Wildman–Crippen LogP) is 1.87. The molecule has 1 atom stereocenters. The molecule has 2 rings (SSSR count). The van der Waals surface area contributed by atoms with Crippen LogP contribution in [-0.4, -0.2) is 48.9 Å². The zero-order valence-corrected chi connectivity index (χ0v) is 13.3. The Morgan fingerprint density at radius 3 is 2.64 bits per heavy atom. The van der Waals surface area contributed by atoms with Gasteiger partial charge < -0.3 is 15.0 Å². The largest absolute Gasteiger partial charge is 0.494 e. The second-order valence-corrected chi connectivity index (χ2v) is 5.58. The number of amides is 1. The van der Waals surface area contributed by atoms with Gasteiger partial charge >= 0.3 is 0 Å². The van der Waals surface area contributed by atoms with Gasteiger partial charge in [0.25, 0.3) is 0 Å². The van der Waals surface area contributed by atoms with Crippen LogP contribution in [0.25, 0.3) is 0 Å². The molecule has 1 saturated heterocycles. The van der Waals surface area contributed by atoms with E-state index in [0.717, 1.165) is 25.4 Å². The molecule has 1 heterocycles. The van der Waals surface area contributed by atoms with Crippen LogP contribution in [0.4, 0.5) is 0 Å². The first-order chi connectivity index (χ1) is 10.6. The fourth-order valence-corrected chi connectivity index (χ4v) is 2.59. The summed E-state index contributed by atoms with van der Waals surface area (Å²) in [5.74, 6) is 0.817. The van der Waals surface area contributed by atoms with Crippen LogP contribution in [0.5, 0.6) is 5.75 Å². The standard InChI is InChI=1S/C17H24N2O3/c1-3-22-15-6-4-14(5-7-15)16(20)8-9-17(21)19-11-10-18-13(2)12-19/h4-7,13,18H,3,8-12H2,1-2H3. The van der Waals surface area contributed by atoms with Crippen molar-refractivity contribution in [2.75, 3.05) is 26.2 Å². The number of nitrogens with zero attached hydrogens (tertiary/aromatic N) is 1. The maximum Gasteiger partial charge on any atom is 0.223 e. The Morgan fingerprint density at radius 2 is 2.00 bits per heavy atom. The number of piperazine rings is 1. The highest BCUT2D eigenvalue weighted by Gasteiger charge is 2.21. The first-order valence-electron chi connectivity index (χ1n) is 7.87. The van der Waals surface area contributed by atoms with Gasteiger partial charge in [0.1, 0.15) is 5.75 Å². The van der Waals surface area contributed by atoms with E-state index in [4.69, 9.17) is 4.74 Å². The Bertz CT molecular complexity index is 513. The van der Waals surface area contributed by atoms with Gasteiger partial charge in [-0.3, -0.25) is 9.59 Å². The number of nitrogens with one attached hydrogen (secondary N) is 1. The Labute approximate surface area is 131 Å². The second kappa shape index (κ2) is 7.94. The van der Waals surface area contributed by atoms with Crippen molar-refractivity contribution in [3.63, 3.8) is 0 Å². The van der Waals surface area contributed by atoms with Gasteiger partial charge in [0.15, 0.2) is 5.78 Å². The van der Waals surface area contributed by atoms with Crippen molar-refractivity contribution in [3.8, 4) is 5.75 Å². The molecule has 0 aliphatic carbocycles. The van der Waals surface area contributed by atoms with Crippen molar-refractivity contribution in [3.05, 3.63) is 29.8 Å². The second-order valence-electron chi connectivity index (χ2n) is 5.58. The number of rotatable bonds is 6. The van der Waals surface area contributed by atoms with Gasteiger partial charge in [-0.15, -0.1) is 0 Å². The topological polar surface area (TPSA) is 58.6 Å². The third-order valence-corrected chi connectivity index (χ3v) is 3.77. The highest BCUT2D eigenvalue weighted by molar-refractivity contribution is 5.98. The van der Waals surface area contributed by atoms with Crippen molar-refractivity contribution < 1.29 is 14.3 Å². The lowest BCUT2D eigenvalue weighted by Gasteiger charge is -2.31. The van der Waals surface area contributed by atoms with Gasteiger partial charge in [0.05, 0.1) is 6.61 Å². The van der Waals surface area contributed by atoms with E-state index >= 15 is 0 Å². The summed E-state index contributed by atoms with van der Waals surface area (Å²) < 4.78 is 5.35. The van der Waals surface area contributed by atoms with Gasteiger partial charge in [-0.1, -0.05) is 0 Å². The van der Waals surface area contributed by atoms with Crippen molar-refractivity contribution in [1.29, 1.82) is 0 Å². The van der Waals surface area contributed by atoms with Crippen LogP contribution in [-0.2, 0) is 4.79 Å². The smallest absolute Gasteiger partial charge is 0.223 e. The van der Waals surface area contributed by atoms with Crippen molar-refractivity contribution in [1.82, 2.24) is 10.2 Å². The number of benzene rings is 1. The van der Waals surface area contributed by atoms with Crippen LogP contribution >= 0.6 is 0 Å². The molecule has 120 valence electrons. The van der Waals surface area contributed by atoms with Gasteiger partial charge in [0.2, 0.25) is 5.91 Å². The average Bonchev–Trinajstić information content (AvgIpc) is 2.53. The number of hydrogen-bond acceptors (Lipinski definition) is 4. The van der Waals surface area contributed by atoms with Gasteiger partial charge in [-0.25, -0.2) is 0 Å². The first kappa shape index (κ1) is 16.5. The molecule has 0 spiro atoms. The molecule has 0 aromatic heterocycles. The number of ketones is 1. The fourth-order valence-electron chi connectivity index (χ4n) is 2.59. The molecule has 0 bridgehead atoms. The summed E-state index contributed by atoms with van der Waals surface area (Å²) in [5.41, 5.74) is 0.630. The average molecular weight is 304 g/mol. The summed E-state index contributed by atoms with van der Waals surface area (Å²) in [6, 6.07) is 7.40. The predicted molar refractivity (Wildman–Crippen MR) is 85.2 cm³/mol. The van der Waals surface area contributed by atoms with Gasteiger partial charge in [-0.05, 0) is 38.1 Å². The van der Waals surface area contributed by atoms with Crippen LogP contribution in [0.1, 0.15) is 37.0 Å².